The number of benzene rings is 2. The molecule has 1 fully saturated rings. The number of hydrogen-bond donors (Lipinski definition) is 1. The molecule has 0 bridgehead atoms. The van der Waals surface area contributed by atoms with Gasteiger partial charge in [0.15, 0.2) is 0 Å². The Kier molecular flexibility index (Phi) is 4.03. The van der Waals surface area contributed by atoms with E-state index in [0.29, 0.717) is 0 Å². The van der Waals surface area contributed by atoms with Gasteiger partial charge in [0.1, 0.15) is 5.75 Å². The second-order valence-electron chi connectivity index (χ2n) is 5.46. The Morgan fingerprint density at radius 1 is 1.05 bits per heavy atom. The highest BCUT2D eigenvalue weighted by molar-refractivity contribution is 5.36. The van der Waals surface area contributed by atoms with Crippen molar-refractivity contribution in [1.82, 2.24) is 5.32 Å². The quantitative estimate of drug-likeness (QED) is 0.860. The van der Waals surface area contributed by atoms with Crippen LogP contribution in [0.25, 0.3) is 0 Å². The topological polar surface area (TPSA) is 21.3 Å². The molecule has 2 heteroatoms. The van der Waals surface area contributed by atoms with E-state index >= 15 is 0 Å². The fraction of sp³-hybridized carbons (Fsp3) is 0.333. The van der Waals surface area contributed by atoms with Crippen LogP contribution in [0.4, 0.5) is 0 Å². The first kappa shape index (κ1) is 13.2. The molecule has 2 nitrogen and oxygen atoms in total. The zero-order valence-electron chi connectivity index (χ0n) is 11.9. The molecule has 0 radical (unpaired) electrons. The van der Waals surface area contributed by atoms with E-state index in [0.717, 1.165) is 18.3 Å². The summed E-state index contributed by atoms with van der Waals surface area (Å²) in [5.74, 6) is 1.76. The molecule has 1 atom stereocenters. The Bertz CT molecular complexity index is 548. The Morgan fingerprint density at radius 3 is 2.50 bits per heavy atom. The molecule has 3 rings (SSSR count). The highest BCUT2D eigenvalue weighted by Crippen LogP contribution is 2.30. The summed E-state index contributed by atoms with van der Waals surface area (Å²) in [6, 6.07) is 19.1. The van der Waals surface area contributed by atoms with Gasteiger partial charge in [-0.1, -0.05) is 42.5 Å². The van der Waals surface area contributed by atoms with Gasteiger partial charge in [-0.2, -0.15) is 0 Å². The van der Waals surface area contributed by atoms with Gasteiger partial charge in [0.2, 0.25) is 0 Å². The predicted octanol–water partition coefficient (Wildman–Crippen LogP) is 3.78. The average molecular weight is 267 g/mol. The van der Waals surface area contributed by atoms with E-state index in [1.54, 1.807) is 0 Å². The van der Waals surface area contributed by atoms with Crippen molar-refractivity contribution >= 4 is 0 Å². The molecular formula is C18H21NO. The molecule has 2 aromatic carbocycles. The fourth-order valence-corrected chi connectivity index (χ4v) is 2.45. The van der Waals surface area contributed by atoms with Gasteiger partial charge in [-0.15, -0.1) is 0 Å². The molecule has 1 aliphatic rings. The average Bonchev–Trinajstić information content (AvgIpc) is 3.32. The highest BCUT2D eigenvalue weighted by atomic mass is 16.5. The van der Waals surface area contributed by atoms with Crippen LogP contribution in [0.1, 0.15) is 30.0 Å². The molecule has 104 valence electrons. The summed E-state index contributed by atoms with van der Waals surface area (Å²) in [6.07, 6.45) is 2.64. The summed E-state index contributed by atoms with van der Waals surface area (Å²) in [7, 11) is 2.00. The van der Waals surface area contributed by atoms with Crippen LogP contribution >= 0.6 is 0 Å². The van der Waals surface area contributed by atoms with E-state index in [1.807, 2.05) is 19.2 Å². The standard InChI is InChI=1S/C18H21NO/c1-19-18(15-6-3-2-4-7-15)16-8-5-9-17(12-16)20-13-14-10-11-14/h2-9,12,14,18-19H,10-11,13H2,1H3. The second kappa shape index (κ2) is 6.10. The van der Waals surface area contributed by atoms with Gasteiger partial charge in [-0.05, 0) is 49.1 Å². The van der Waals surface area contributed by atoms with Crippen LogP contribution in [0.2, 0.25) is 0 Å². The molecule has 0 aromatic heterocycles. The lowest BCUT2D eigenvalue weighted by Crippen LogP contribution is -2.17. The van der Waals surface area contributed by atoms with Crippen LogP contribution in [-0.4, -0.2) is 13.7 Å². The van der Waals surface area contributed by atoms with Gasteiger partial charge in [0, 0.05) is 0 Å². The lowest BCUT2D eigenvalue weighted by molar-refractivity contribution is 0.299. The van der Waals surface area contributed by atoms with Crippen molar-refractivity contribution < 1.29 is 4.74 Å². The number of nitrogens with one attached hydrogen (secondary N) is 1. The third-order valence-corrected chi connectivity index (χ3v) is 3.80. The van der Waals surface area contributed by atoms with Gasteiger partial charge < -0.3 is 10.1 Å². The largest absolute Gasteiger partial charge is 0.493 e. The molecule has 0 spiro atoms. The number of rotatable bonds is 6. The summed E-state index contributed by atoms with van der Waals surface area (Å²) < 4.78 is 5.87. The minimum Gasteiger partial charge on any atom is -0.493 e. The maximum Gasteiger partial charge on any atom is 0.119 e. The first-order chi connectivity index (χ1) is 9.86. The molecule has 1 N–H and O–H groups in total. The molecule has 0 aliphatic heterocycles. The van der Waals surface area contributed by atoms with Crippen LogP contribution in [0.15, 0.2) is 54.6 Å². The van der Waals surface area contributed by atoms with Crippen LogP contribution < -0.4 is 10.1 Å². The lowest BCUT2D eigenvalue weighted by Gasteiger charge is -2.18. The smallest absolute Gasteiger partial charge is 0.119 e. The molecule has 20 heavy (non-hydrogen) atoms. The van der Waals surface area contributed by atoms with Crippen LogP contribution in [0, 0.1) is 5.92 Å². The molecule has 2 aromatic rings. The lowest BCUT2D eigenvalue weighted by atomic mass is 9.99. The van der Waals surface area contributed by atoms with E-state index < -0.39 is 0 Å². The van der Waals surface area contributed by atoms with E-state index in [1.165, 1.54) is 24.0 Å². The van der Waals surface area contributed by atoms with Crippen molar-refractivity contribution in [2.24, 2.45) is 5.92 Å². The molecule has 0 heterocycles. The van der Waals surface area contributed by atoms with Gasteiger partial charge in [0.05, 0.1) is 12.6 Å². The Labute approximate surface area is 120 Å². The summed E-state index contributed by atoms with van der Waals surface area (Å²) in [4.78, 5) is 0. The predicted molar refractivity (Wildman–Crippen MR) is 82.0 cm³/mol. The molecule has 1 unspecified atom stereocenters. The van der Waals surface area contributed by atoms with Gasteiger partial charge >= 0.3 is 0 Å². The summed E-state index contributed by atoms with van der Waals surface area (Å²) in [5, 5.41) is 3.38. The van der Waals surface area contributed by atoms with Gasteiger partial charge in [-0.3, -0.25) is 0 Å². The van der Waals surface area contributed by atoms with Crippen LogP contribution in [0.3, 0.4) is 0 Å². The Morgan fingerprint density at radius 2 is 1.80 bits per heavy atom. The maximum atomic E-state index is 5.87. The third kappa shape index (κ3) is 3.20. The minimum atomic E-state index is 0.209. The van der Waals surface area contributed by atoms with Crippen molar-refractivity contribution in [3.63, 3.8) is 0 Å². The van der Waals surface area contributed by atoms with Crippen molar-refractivity contribution in [2.75, 3.05) is 13.7 Å². The van der Waals surface area contributed by atoms with Gasteiger partial charge in [-0.25, -0.2) is 0 Å². The fourth-order valence-electron chi connectivity index (χ4n) is 2.45. The monoisotopic (exact) mass is 267 g/mol. The first-order valence-electron chi connectivity index (χ1n) is 7.32. The van der Waals surface area contributed by atoms with E-state index in [2.05, 4.69) is 47.8 Å². The molecule has 0 saturated heterocycles. The molecule has 1 saturated carbocycles. The van der Waals surface area contributed by atoms with Gasteiger partial charge in [0.25, 0.3) is 0 Å². The molecule has 1 aliphatic carbocycles. The van der Waals surface area contributed by atoms with Crippen molar-refractivity contribution in [3.8, 4) is 5.75 Å². The first-order valence-corrected chi connectivity index (χ1v) is 7.32. The van der Waals surface area contributed by atoms with Crippen LogP contribution in [-0.2, 0) is 0 Å². The van der Waals surface area contributed by atoms with Crippen molar-refractivity contribution in [3.05, 3.63) is 65.7 Å². The minimum absolute atomic E-state index is 0.209. The van der Waals surface area contributed by atoms with E-state index in [-0.39, 0.29) is 6.04 Å². The zero-order valence-corrected chi connectivity index (χ0v) is 11.9. The van der Waals surface area contributed by atoms with Crippen molar-refractivity contribution in [1.29, 1.82) is 0 Å². The van der Waals surface area contributed by atoms with Crippen LogP contribution in [0.5, 0.6) is 5.75 Å². The van der Waals surface area contributed by atoms with E-state index in [9.17, 15) is 0 Å². The normalized spacial score (nSPS) is 15.8. The summed E-state index contributed by atoms with van der Waals surface area (Å²) >= 11 is 0. The SMILES string of the molecule is CNC(c1ccccc1)c1cccc(OCC2CC2)c1. The second-order valence-corrected chi connectivity index (χ2v) is 5.46. The summed E-state index contributed by atoms with van der Waals surface area (Å²) in [6.45, 7) is 0.860. The third-order valence-electron chi connectivity index (χ3n) is 3.80. The highest BCUT2D eigenvalue weighted by Gasteiger charge is 2.22. The summed E-state index contributed by atoms with van der Waals surface area (Å²) in [5.41, 5.74) is 2.52. The number of hydrogen-bond acceptors (Lipinski definition) is 2. The Hall–Kier alpha value is -1.80. The maximum absolute atomic E-state index is 5.87. The Balaban J connectivity index is 1.78. The zero-order chi connectivity index (χ0) is 13.8. The van der Waals surface area contributed by atoms with E-state index in [4.69, 9.17) is 4.74 Å². The number of ether oxygens (including phenoxy) is 1. The molecular weight excluding hydrogens is 246 g/mol. The van der Waals surface area contributed by atoms with Crippen molar-refractivity contribution in [2.45, 2.75) is 18.9 Å². The molecule has 0 amide bonds.